The number of nitrogens with zero attached hydrogens (tertiary/aromatic N) is 3. The first-order valence-corrected chi connectivity index (χ1v) is 26.6. The molecule has 0 fully saturated rings. The van der Waals surface area contributed by atoms with E-state index in [1.165, 1.54) is 60.8 Å². The highest BCUT2D eigenvalue weighted by Crippen LogP contribution is 2.54. The average Bonchev–Trinajstić information content (AvgIpc) is 3.80. The summed E-state index contributed by atoms with van der Waals surface area (Å²) in [7, 11) is 0. The van der Waals surface area contributed by atoms with Gasteiger partial charge < -0.3 is 19.1 Å². The Morgan fingerprint density at radius 2 is 1.05 bits per heavy atom. The molecule has 0 saturated heterocycles. The summed E-state index contributed by atoms with van der Waals surface area (Å²) in [6.45, 7) is 32.4. The molecule has 3 heterocycles. The molecule has 0 saturated carbocycles. The van der Waals surface area contributed by atoms with Crippen LogP contribution >= 0.6 is 0 Å². The topological polar surface area (TPSA) is 22.9 Å². The number of aryl methyl sites for hydroxylation is 1. The number of benzene rings is 8. The highest BCUT2D eigenvalue weighted by molar-refractivity contribution is 7.00. The van der Waals surface area contributed by atoms with E-state index in [0.29, 0.717) is 0 Å². The van der Waals surface area contributed by atoms with Crippen LogP contribution in [0.2, 0.25) is 0 Å². The minimum Gasteiger partial charge on any atom is -0.468 e. The molecule has 0 radical (unpaired) electrons. The summed E-state index contributed by atoms with van der Waals surface area (Å²) in [5.41, 5.74) is 22.5. The van der Waals surface area contributed by atoms with Crippen LogP contribution in [0, 0.1) is 6.92 Å². The number of anilines is 9. The Labute approximate surface area is 434 Å². The highest BCUT2D eigenvalue weighted by Gasteiger charge is 2.48. The highest BCUT2D eigenvalue weighted by atomic mass is 16.3. The second-order valence-electron chi connectivity index (χ2n) is 26.0. The Balaban J connectivity index is 1.22. The van der Waals surface area contributed by atoms with Gasteiger partial charge in [0, 0.05) is 45.2 Å². The molecule has 8 aromatic carbocycles. The SMILES string of the molecule is Cc1ccc2c(c1)B1c3oc4ccc(C(C)(C)C)cc4c3N(c3ccc(C(C)(C)C)cc3)c3cc(N(c4ccc5c(c4)C(C)(C)CC5(C)C)c4ccc5ccccc5c4)cc(c31)N2c1ccc(C(C)(C)C)cc1. The van der Waals surface area contributed by atoms with Crippen LogP contribution in [0.1, 0.15) is 130 Å². The molecule has 2 aliphatic heterocycles. The van der Waals surface area contributed by atoms with Gasteiger partial charge in [0.15, 0.2) is 0 Å². The van der Waals surface area contributed by atoms with Crippen LogP contribution in [0.25, 0.3) is 21.7 Å². The standard InChI is InChI=1S/C68H70BN3O/c1-42-19-33-57-56(35-42)69-61-58(71(57)48-27-21-45(22-28-48)64(2,3)4)39-52(70(50-26-20-43-17-15-16-18-44(43)36-50)51-31-32-54-55(38-51)68(13,14)41-67(54,11)12)40-59(61)72(49-29-23-46(24-30-49)65(5,6)7)62-53-37-47(66(8,9)10)25-34-60(53)73-63(62)69/h15-40H,41H2,1-14H3. The maximum absolute atomic E-state index is 7.39. The van der Waals surface area contributed by atoms with E-state index in [1.54, 1.807) is 0 Å². The maximum atomic E-state index is 7.39. The lowest BCUT2D eigenvalue weighted by molar-refractivity contribution is 0.403. The van der Waals surface area contributed by atoms with E-state index in [0.717, 1.165) is 68.5 Å². The summed E-state index contributed by atoms with van der Waals surface area (Å²) in [4.78, 5) is 7.62. The molecule has 0 N–H and O–H groups in total. The molecule has 366 valence electrons. The Hall–Kier alpha value is -6.98. The van der Waals surface area contributed by atoms with Gasteiger partial charge in [0.05, 0.1) is 17.0 Å². The van der Waals surface area contributed by atoms with Gasteiger partial charge in [-0.2, -0.15) is 0 Å². The van der Waals surface area contributed by atoms with Gasteiger partial charge in [0.1, 0.15) is 5.58 Å². The fourth-order valence-corrected chi connectivity index (χ4v) is 12.8. The fourth-order valence-electron chi connectivity index (χ4n) is 12.8. The smallest absolute Gasteiger partial charge is 0.297 e. The number of hydrogen-bond donors (Lipinski definition) is 0. The van der Waals surface area contributed by atoms with Crippen molar-refractivity contribution in [1.82, 2.24) is 0 Å². The van der Waals surface area contributed by atoms with E-state index >= 15 is 0 Å². The van der Waals surface area contributed by atoms with Crippen molar-refractivity contribution in [3.8, 4) is 0 Å². The molecule has 73 heavy (non-hydrogen) atoms. The van der Waals surface area contributed by atoms with E-state index < -0.39 is 0 Å². The van der Waals surface area contributed by atoms with Crippen LogP contribution in [0.5, 0.6) is 0 Å². The third kappa shape index (κ3) is 7.63. The van der Waals surface area contributed by atoms with Crippen LogP contribution in [0.3, 0.4) is 0 Å². The lowest BCUT2D eigenvalue weighted by Crippen LogP contribution is -2.61. The summed E-state index contributed by atoms with van der Waals surface area (Å²) >= 11 is 0. The van der Waals surface area contributed by atoms with Crippen molar-refractivity contribution >= 4 is 96.2 Å². The van der Waals surface area contributed by atoms with Gasteiger partial charge in [-0.05, 0) is 169 Å². The van der Waals surface area contributed by atoms with Crippen LogP contribution in [-0.2, 0) is 27.1 Å². The molecule has 9 aromatic rings. The molecule has 3 aliphatic rings. The summed E-state index contributed by atoms with van der Waals surface area (Å²) in [6.07, 6.45) is 1.10. The first-order chi connectivity index (χ1) is 34.5. The van der Waals surface area contributed by atoms with E-state index in [9.17, 15) is 0 Å². The molecular weight excluding hydrogens is 886 g/mol. The molecule has 1 aromatic heterocycles. The van der Waals surface area contributed by atoms with Crippen LogP contribution in [0.15, 0.2) is 162 Å². The summed E-state index contributed by atoms with van der Waals surface area (Å²) in [5, 5.41) is 3.56. The molecule has 0 unspecified atom stereocenters. The Morgan fingerprint density at radius 1 is 0.493 bits per heavy atom. The van der Waals surface area contributed by atoms with Crippen molar-refractivity contribution in [1.29, 1.82) is 0 Å². The van der Waals surface area contributed by atoms with Crippen molar-refractivity contribution in [3.63, 3.8) is 0 Å². The predicted octanol–water partition coefficient (Wildman–Crippen LogP) is 17.3. The summed E-state index contributed by atoms with van der Waals surface area (Å²) < 4.78 is 7.39. The Morgan fingerprint density at radius 3 is 1.70 bits per heavy atom. The van der Waals surface area contributed by atoms with Crippen molar-refractivity contribution in [2.24, 2.45) is 0 Å². The monoisotopic (exact) mass is 956 g/mol. The minimum atomic E-state index is -0.179. The van der Waals surface area contributed by atoms with Gasteiger partial charge >= 0.3 is 0 Å². The van der Waals surface area contributed by atoms with E-state index in [-0.39, 0.29) is 33.8 Å². The van der Waals surface area contributed by atoms with E-state index in [1.807, 2.05) is 0 Å². The Kier molecular flexibility index (Phi) is 10.3. The largest absolute Gasteiger partial charge is 0.468 e. The molecule has 0 amide bonds. The lowest BCUT2D eigenvalue weighted by Gasteiger charge is -2.43. The lowest BCUT2D eigenvalue weighted by atomic mass is 9.35. The zero-order valence-corrected chi connectivity index (χ0v) is 45.5. The van der Waals surface area contributed by atoms with Crippen molar-refractivity contribution in [2.45, 2.75) is 130 Å². The molecule has 0 bridgehead atoms. The quantitative estimate of drug-likeness (QED) is 0.160. The first-order valence-electron chi connectivity index (χ1n) is 26.6. The zero-order valence-electron chi connectivity index (χ0n) is 45.5. The second kappa shape index (κ2) is 16.0. The van der Waals surface area contributed by atoms with Gasteiger partial charge in [-0.25, -0.2) is 0 Å². The molecule has 0 atom stereocenters. The second-order valence-corrected chi connectivity index (χ2v) is 26.0. The van der Waals surface area contributed by atoms with Crippen molar-refractivity contribution in [3.05, 3.63) is 191 Å². The van der Waals surface area contributed by atoms with Crippen LogP contribution in [0.4, 0.5) is 51.2 Å². The minimum absolute atomic E-state index is 0.00715. The summed E-state index contributed by atoms with van der Waals surface area (Å²) in [6, 6.07) is 60.6. The van der Waals surface area contributed by atoms with Gasteiger partial charge in [-0.3, -0.25) is 0 Å². The van der Waals surface area contributed by atoms with Crippen molar-refractivity contribution < 1.29 is 4.42 Å². The number of hydrogen-bond acceptors (Lipinski definition) is 4. The van der Waals surface area contributed by atoms with E-state index in [2.05, 4.69) is 269 Å². The third-order valence-electron chi connectivity index (χ3n) is 16.5. The van der Waals surface area contributed by atoms with Gasteiger partial charge in [-0.15, -0.1) is 0 Å². The Bertz CT molecular complexity index is 3680. The average molecular weight is 956 g/mol. The fraction of sp³-hybridized carbons (Fsp3) is 0.294. The first kappa shape index (κ1) is 47.1. The molecule has 12 rings (SSSR count). The van der Waals surface area contributed by atoms with Crippen molar-refractivity contribution in [2.75, 3.05) is 14.7 Å². The molecule has 0 spiro atoms. The molecule has 1 aliphatic carbocycles. The van der Waals surface area contributed by atoms with Gasteiger partial charge in [0.2, 0.25) is 0 Å². The third-order valence-corrected chi connectivity index (χ3v) is 16.5. The molecular formula is C68H70BN3O. The normalized spacial score (nSPS) is 15.6. The van der Waals surface area contributed by atoms with Crippen LogP contribution in [-0.4, -0.2) is 6.71 Å². The van der Waals surface area contributed by atoms with Gasteiger partial charge in [0.25, 0.3) is 6.71 Å². The van der Waals surface area contributed by atoms with E-state index in [4.69, 9.17) is 4.42 Å². The maximum Gasteiger partial charge on any atom is 0.297 e. The number of fused-ring (bicyclic) bond motifs is 8. The zero-order chi connectivity index (χ0) is 51.3. The van der Waals surface area contributed by atoms with Gasteiger partial charge in [-0.1, -0.05) is 174 Å². The number of furan rings is 1. The molecule has 4 nitrogen and oxygen atoms in total. The predicted molar refractivity (Wildman–Crippen MR) is 314 cm³/mol. The number of rotatable bonds is 5. The molecule has 5 heteroatoms. The van der Waals surface area contributed by atoms with Crippen LogP contribution < -0.4 is 31.3 Å². The summed E-state index contributed by atoms with van der Waals surface area (Å²) in [5.74, 6) is 0.